The Morgan fingerprint density at radius 2 is 1.86 bits per heavy atom. The average Bonchev–Trinajstić information content (AvgIpc) is 3.32. The number of nitrogens with two attached hydrogens (primary N) is 1. The normalized spacial score (nSPS) is 17.1. The fourth-order valence-electron chi connectivity index (χ4n) is 5.65. The van der Waals surface area contributed by atoms with Crippen LogP contribution in [0.25, 0.3) is 5.69 Å². The lowest BCUT2D eigenvalue weighted by Gasteiger charge is -2.30. The zero-order valence-electron chi connectivity index (χ0n) is 23.6. The summed E-state index contributed by atoms with van der Waals surface area (Å²) >= 11 is 0. The molecule has 2 heterocycles. The molecule has 11 heteroatoms. The van der Waals surface area contributed by atoms with Crippen molar-refractivity contribution in [1.82, 2.24) is 14.7 Å². The van der Waals surface area contributed by atoms with Gasteiger partial charge in [0, 0.05) is 25.2 Å². The van der Waals surface area contributed by atoms with Crippen molar-refractivity contribution in [3.63, 3.8) is 0 Å². The molecule has 2 aliphatic rings. The van der Waals surface area contributed by atoms with Crippen molar-refractivity contribution in [2.24, 2.45) is 17.1 Å². The maximum absolute atomic E-state index is 13.9. The minimum atomic E-state index is -4.80. The predicted molar refractivity (Wildman–Crippen MR) is 153 cm³/mol. The van der Waals surface area contributed by atoms with E-state index in [4.69, 9.17) is 10.5 Å². The molecule has 0 radical (unpaired) electrons. The monoisotopic (exact) mass is 581 g/mol. The molecule has 0 atom stereocenters. The summed E-state index contributed by atoms with van der Waals surface area (Å²) in [6.45, 7) is 10.0. The van der Waals surface area contributed by atoms with E-state index in [2.05, 4.69) is 21.9 Å². The minimum absolute atomic E-state index is 0.00350. The number of rotatable bonds is 8. The molecule has 0 bridgehead atoms. The molecule has 3 aromatic rings. The maximum atomic E-state index is 13.9. The van der Waals surface area contributed by atoms with Gasteiger partial charge in [-0.15, -0.1) is 0 Å². The summed E-state index contributed by atoms with van der Waals surface area (Å²) in [4.78, 5) is 27.2. The van der Waals surface area contributed by atoms with Crippen LogP contribution in [0.15, 0.2) is 55.2 Å². The Balaban J connectivity index is 1.40. The highest BCUT2D eigenvalue weighted by molar-refractivity contribution is 6.01. The highest BCUT2D eigenvalue weighted by Crippen LogP contribution is 2.42. The second-order valence-electron chi connectivity index (χ2n) is 11.7. The van der Waals surface area contributed by atoms with Crippen molar-refractivity contribution in [3.8, 4) is 11.4 Å². The van der Waals surface area contributed by atoms with Crippen LogP contribution in [0.4, 0.5) is 24.5 Å². The third kappa shape index (κ3) is 6.14. The number of hydrogen-bond donors (Lipinski definition) is 2. The van der Waals surface area contributed by atoms with E-state index in [1.165, 1.54) is 18.2 Å². The van der Waals surface area contributed by atoms with E-state index in [1.54, 1.807) is 12.1 Å². The molecule has 8 nitrogen and oxygen atoms in total. The topological polar surface area (TPSA) is 102 Å². The quantitative estimate of drug-likeness (QED) is 0.332. The van der Waals surface area contributed by atoms with Gasteiger partial charge in [-0.05, 0) is 79.3 Å². The molecule has 222 valence electrons. The van der Waals surface area contributed by atoms with Gasteiger partial charge in [-0.2, -0.15) is 18.3 Å². The van der Waals surface area contributed by atoms with Gasteiger partial charge in [0.15, 0.2) is 11.5 Å². The number of anilines is 2. The lowest BCUT2D eigenvalue weighted by atomic mass is 9.75. The number of primary amides is 1. The van der Waals surface area contributed by atoms with Crippen molar-refractivity contribution in [2.45, 2.75) is 45.7 Å². The highest BCUT2D eigenvalue weighted by atomic mass is 19.4. The van der Waals surface area contributed by atoms with E-state index in [-0.39, 0.29) is 29.8 Å². The molecule has 0 saturated carbocycles. The summed E-state index contributed by atoms with van der Waals surface area (Å²) in [6, 6.07) is 11.6. The molecule has 0 spiro atoms. The second kappa shape index (κ2) is 11.2. The Bertz CT molecular complexity index is 1500. The first-order chi connectivity index (χ1) is 19.8. The molecule has 2 aromatic carbocycles. The van der Waals surface area contributed by atoms with Gasteiger partial charge in [-0.1, -0.05) is 20.4 Å². The Morgan fingerprint density at radius 3 is 2.48 bits per heavy atom. The number of alkyl halides is 3. The average molecular weight is 582 g/mol. The molecule has 1 saturated heterocycles. The molecular weight excluding hydrogens is 547 g/mol. The van der Waals surface area contributed by atoms with Crippen LogP contribution in [-0.4, -0.2) is 46.1 Å². The SMILES string of the molecule is C=CN1CCC(COc2ccc(Nc3cc(-n4nc(C(F)(F)F)c5c4CC(C)(C)CC5=O)ccc3C(N)=O)cc2)CC1. The fraction of sp³-hybridized carbons (Fsp3) is 0.387. The molecule has 3 N–H and O–H groups in total. The summed E-state index contributed by atoms with van der Waals surface area (Å²) in [7, 11) is 0. The molecule has 42 heavy (non-hydrogen) atoms. The molecule has 0 unspecified atom stereocenters. The number of ketones is 1. The number of carbonyl (C=O) groups is 2. The zero-order chi connectivity index (χ0) is 30.2. The van der Waals surface area contributed by atoms with E-state index in [0.717, 1.165) is 30.6 Å². The molecular formula is C31H34F3N5O3. The van der Waals surface area contributed by atoms with Gasteiger partial charge in [0.2, 0.25) is 0 Å². The summed E-state index contributed by atoms with van der Waals surface area (Å²) in [5.41, 5.74) is 5.01. The number of piperidine rings is 1. The Hall–Kier alpha value is -4.28. The lowest BCUT2D eigenvalue weighted by Crippen LogP contribution is -2.31. The number of nitrogens with one attached hydrogen (secondary N) is 1. The van der Waals surface area contributed by atoms with Gasteiger partial charge in [-0.25, -0.2) is 4.68 Å². The first-order valence-corrected chi connectivity index (χ1v) is 13.9. The number of ether oxygens (including phenoxy) is 1. The molecule has 1 fully saturated rings. The van der Waals surface area contributed by atoms with Crippen LogP contribution in [-0.2, 0) is 12.6 Å². The number of aromatic nitrogens is 2. The smallest absolute Gasteiger partial charge is 0.435 e. The lowest BCUT2D eigenvalue weighted by molar-refractivity contribution is -0.141. The third-order valence-electron chi connectivity index (χ3n) is 7.85. The van der Waals surface area contributed by atoms with Gasteiger partial charge in [0.25, 0.3) is 5.91 Å². The Kier molecular flexibility index (Phi) is 7.78. The van der Waals surface area contributed by atoms with E-state index in [1.807, 2.05) is 32.2 Å². The van der Waals surface area contributed by atoms with E-state index >= 15 is 0 Å². The third-order valence-corrected chi connectivity index (χ3v) is 7.85. The van der Waals surface area contributed by atoms with Crippen molar-refractivity contribution < 1.29 is 27.5 Å². The van der Waals surface area contributed by atoms with E-state index < -0.39 is 34.5 Å². The standard InChI is InChI=1S/C31H34F3N5O3/c1-4-38-13-11-19(12-14-38)18-42-22-8-5-20(6-9-22)36-24-15-21(7-10-23(24)29(35)41)39-25-16-30(2,3)17-26(40)27(25)28(37-39)31(32,33)34/h4-10,15,19,36H,1,11-14,16-18H2,2-3H3,(H2,35,41). The van der Waals surface area contributed by atoms with Gasteiger partial charge >= 0.3 is 6.18 Å². The van der Waals surface area contributed by atoms with Crippen LogP contribution in [0, 0.1) is 11.3 Å². The number of amides is 1. The summed E-state index contributed by atoms with van der Waals surface area (Å²) in [6.07, 6.45) is -0.635. The summed E-state index contributed by atoms with van der Waals surface area (Å²) in [5, 5.41) is 7.00. The van der Waals surface area contributed by atoms with Crippen molar-refractivity contribution >= 4 is 23.1 Å². The second-order valence-corrected chi connectivity index (χ2v) is 11.7. The number of hydrogen-bond acceptors (Lipinski definition) is 6. The zero-order valence-corrected chi connectivity index (χ0v) is 23.6. The van der Waals surface area contributed by atoms with Crippen molar-refractivity contribution in [1.29, 1.82) is 0 Å². The van der Waals surface area contributed by atoms with Gasteiger partial charge in [0.05, 0.1) is 34.8 Å². The summed E-state index contributed by atoms with van der Waals surface area (Å²) in [5.74, 6) is -0.130. The number of benzene rings is 2. The van der Waals surface area contributed by atoms with Crippen LogP contribution >= 0.6 is 0 Å². The van der Waals surface area contributed by atoms with Gasteiger partial charge < -0.3 is 20.7 Å². The maximum Gasteiger partial charge on any atom is 0.435 e. The first-order valence-electron chi connectivity index (χ1n) is 13.9. The van der Waals surface area contributed by atoms with Crippen LogP contribution in [0.5, 0.6) is 5.75 Å². The largest absolute Gasteiger partial charge is 0.493 e. The first kappa shape index (κ1) is 29.2. The highest BCUT2D eigenvalue weighted by Gasteiger charge is 2.45. The molecule has 1 amide bonds. The molecule has 1 aliphatic carbocycles. The number of likely N-dealkylation sites (tertiary alicyclic amines) is 1. The molecule has 1 aromatic heterocycles. The number of carbonyl (C=O) groups excluding carboxylic acids is 2. The van der Waals surface area contributed by atoms with Crippen LogP contribution in [0.1, 0.15) is 65.2 Å². The van der Waals surface area contributed by atoms with Crippen molar-refractivity contribution in [3.05, 3.63) is 77.8 Å². The molecule has 1 aliphatic heterocycles. The van der Waals surface area contributed by atoms with Crippen molar-refractivity contribution in [2.75, 3.05) is 25.0 Å². The number of nitrogens with zero attached hydrogens (tertiary/aromatic N) is 3. The van der Waals surface area contributed by atoms with Gasteiger partial charge in [0.1, 0.15) is 5.75 Å². The van der Waals surface area contributed by atoms with E-state index in [0.29, 0.717) is 29.6 Å². The number of Topliss-reactive ketones (excluding diaryl/α,β-unsaturated/α-hetero) is 1. The Labute approximate surface area is 242 Å². The fourth-order valence-corrected chi connectivity index (χ4v) is 5.65. The predicted octanol–water partition coefficient (Wildman–Crippen LogP) is 6.12. The minimum Gasteiger partial charge on any atom is -0.493 e. The Morgan fingerprint density at radius 1 is 1.17 bits per heavy atom. The van der Waals surface area contributed by atoms with Crippen LogP contribution < -0.4 is 15.8 Å². The van der Waals surface area contributed by atoms with Crippen LogP contribution in [0.2, 0.25) is 0 Å². The molecule has 5 rings (SSSR count). The van der Waals surface area contributed by atoms with Gasteiger partial charge in [-0.3, -0.25) is 9.59 Å². The number of halogens is 3. The van der Waals surface area contributed by atoms with E-state index in [9.17, 15) is 22.8 Å². The van der Waals surface area contributed by atoms with Crippen LogP contribution in [0.3, 0.4) is 0 Å². The number of fused-ring (bicyclic) bond motifs is 1. The summed E-state index contributed by atoms with van der Waals surface area (Å²) < 4.78 is 48.9.